The van der Waals surface area contributed by atoms with E-state index in [0.717, 1.165) is 19.3 Å². The number of allylic oxidation sites excluding steroid dienone is 2. The Balaban J connectivity index is 3.46. The van der Waals surface area contributed by atoms with Crippen LogP contribution in [0.5, 0.6) is 0 Å². The monoisotopic (exact) mass is 510 g/mol. The average molecular weight is 511 g/mol. The summed E-state index contributed by atoms with van der Waals surface area (Å²) in [5.41, 5.74) is 0. The number of esters is 1. The Morgan fingerprint density at radius 3 is 1.58 bits per heavy atom. The SMILES string of the molecule is CCCCCCC/C=C\CCCCCCCC(=O)OC(CO)COCCCCCCCCCCCC. The molecule has 0 aliphatic heterocycles. The van der Waals surface area contributed by atoms with Crippen LogP contribution in [0.25, 0.3) is 0 Å². The second kappa shape index (κ2) is 30.4. The van der Waals surface area contributed by atoms with E-state index in [9.17, 15) is 9.90 Å². The van der Waals surface area contributed by atoms with Gasteiger partial charge in [0.05, 0.1) is 13.2 Å². The van der Waals surface area contributed by atoms with Crippen molar-refractivity contribution in [1.82, 2.24) is 0 Å². The van der Waals surface area contributed by atoms with E-state index in [-0.39, 0.29) is 12.6 Å². The summed E-state index contributed by atoms with van der Waals surface area (Å²) in [5, 5.41) is 9.48. The quantitative estimate of drug-likeness (QED) is 0.0618. The summed E-state index contributed by atoms with van der Waals surface area (Å²) < 4.78 is 11.0. The number of unbranched alkanes of at least 4 members (excludes halogenated alkanes) is 19. The zero-order chi connectivity index (χ0) is 26.4. The molecule has 0 amide bonds. The van der Waals surface area contributed by atoms with Gasteiger partial charge in [-0.05, 0) is 38.5 Å². The van der Waals surface area contributed by atoms with Crippen molar-refractivity contribution in [3.63, 3.8) is 0 Å². The molecule has 0 saturated heterocycles. The minimum absolute atomic E-state index is 0.171. The van der Waals surface area contributed by atoms with Crippen LogP contribution in [-0.4, -0.2) is 37.0 Å². The Morgan fingerprint density at radius 1 is 0.639 bits per heavy atom. The Kier molecular flexibility index (Phi) is 29.6. The highest BCUT2D eigenvalue weighted by Gasteiger charge is 2.13. The third kappa shape index (κ3) is 27.7. The lowest BCUT2D eigenvalue weighted by Crippen LogP contribution is -2.27. The number of carbonyl (C=O) groups is 1. The second-order valence-electron chi connectivity index (χ2n) is 10.5. The molecule has 36 heavy (non-hydrogen) atoms. The van der Waals surface area contributed by atoms with Crippen molar-refractivity contribution in [2.24, 2.45) is 0 Å². The first kappa shape index (κ1) is 35.1. The molecule has 0 heterocycles. The van der Waals surface area contributed by atoms with Gasteiger partial charge in [0, 0.05) is 13.0 Å². The number of ether oxygens (including phenoxy) is 2. The van der Waals surface area contributed by atoms with Gasteiger partial charge < -0.3 is 14.6 Å². The summed E-state index contributed by atoms with van der Waals surface area (Å²) in [6.07, 6.45) is 32.3. The lowest BCUT2D eigenvalue weighted by Gasteiger charge is -2.15. The molecule has 0 aliphatic rings. The van der Waals surface area contributed by atoms with Gasteiger partial charge in [-0.25, -0.2) is 0 Å². The number of carbonyl (C=O) groups excluding carboxylic acids is 1. The molecule has 0 bridgehead atoms. The van der Waals surface area contributed by atoms with Crippen LogP contribution in [0.4, 0.5) is 0 Å². The maximum atomic E-state index is 12.1. The predicted octanol–water partition coefficient (Wildman–Crippen LogP) is 9.48. The smallest absolute Gasteiger partial charge is 0.306 e. The Labute approximate surface area is 225 Å². The molecule has 1 atom stereocenters. The minimum Gasteiger partial charge on any atom is -0.457 e. The molecule has 0 fully saturated rings. The summed E-state index contributed by atoms with van der Waals surface area (Å²) >= 11 is 0. The number of hydrogen-bond acceptors (Lipinski definition) is 4. The van der Waals surface area contributed by atoms with Crippen LogP contribution in [0.3, 0.4) is 0 Å². The number of rotatable bonds is 29. The van der Waals surface area contributed by atoms with Crippen LogP contribution < -0.4 is 0 Å². The summed E-state index contributed by atoms with van der Waals surface area (Å²) in [7, 11) is 0. The molecule has 214 valence electrons. The predicted molar refractivity (Wildman–Crippen MR) is 154 cm³/mol. The highest BCUT2D eigenvalue weighted by molar-refractivity contribution is 5.69. The van der Waals surface area contributed by atoms with Crippen molar-refractivity contribution in [1.29, 1.82) is 0 Å². The molecule has 0 rings (SSSR count). The van der Waals surface area contributed by atoms with Gasteiger partial charge in [0.2, 0.25) is 0 Å². The van der Waals surface area contributed by atoms with Gasteiger partial charge in [-0.15, -0.1) is 0 Å². The highest BCUT2D eigenvalue weighted by Crippen LogP contribution is 2.12. The molecule has 0 aliphatic carbocycles. The Hall–Kier alpha value is -0.870. The first-order chi connectivity index (χ1) is 17.7. The van der Waals surface area contributed by atoms with Crippen molar-refractivity contribution < 1.29 is 19.4 Å². The molecular weight excluding hydrogens is 448 g/mol. The number of hydrogen-bond donors (Lipinski definition) is 1. The van der Waals surface area contributed by atoms with E-state index in [4.69, 9.17) is 9.47 Å². The van der Waals surface area contributed by atoms with Crippen LogP contribution in [0.2, 0.25) is 0 Å². The molecule has 0 aromatic heterocycles. The Morgan fingerprint density at radius 2 is 1.08 bits per heavy atom. The van der Waals surface area contributed by atoms with E-state index in [1.54, 1.807) is 0 Å². The zero-order valence-electron chi connectivity index (χ0n) is 24.3. The Bertz CT molecular complexity index is 463. The minimum atomic E-state index is -0.529. The van der Waals surface area contributed by atoms with Crippen molar-refractivity contribution >= 4 is 5.97 Å². The van der Waals surface area contributed by atoms with Gasteiger partial charge in [-0.1, -0.05) is 129 Å². The van der Waals surface area contributed by atoms with Gasteiger partial charge in [0.15, 0.2) is 0 Å². The van der Waals surface area contributed by atoms with E-state index < -0.39 is 6.10 Å². The summed E-state index contributed by atoms with van der Waals surface area (Å²) in [4.78, 5) is 12.1. The molecule has 0 saturated carbocycles. The second-order valence-corrected chi connectivity index (χ2v) is 10.5. The number of aliphatic hydroxyl groups is 1. The van der Waals surface area contributed by atoms with Crippen molar-refractivity contribution in [2.75, 3.05) is 19.8 Å². The fraction of sp³-hybridized carbons (Fsp3) is 0.906. The molecule has 0 aromatic carbocycles. The van der Waals surface area contributed by atoms with Crippen LogP contribution in [0.15, 0.2) is 12.2 Å². The van der Waals surface area contributed by atoms with E-state index in [2.05, 4.69) is 26.0 Å². The summed E-state index contributed by atoms with van der Waals surface area (Å²) in [6.45, 7) is 5.32. The van der Waals surface area contributed by atoms with Gasteiger partial charge in [0.1, 0.15) is 6.10 Å². The van der Waals surface area contributed by atoms with E-state index >= 15 is 0 Å². The van der Waals surface area contributed by atoms with E-state index in [1.807, 2.05) is 0 Å². The van der Waals surface area contributed by atoms with Gasteiger partial charge in [-0.2, -0.15) is 0 Å². The lowest BCUT2D eigenvalue weighted by molar-refractivity contribution is -0.154. The van der Waals surface area contributed by atoms with Crippen LogP contribution in [-0.2, 0) is 14.3 Å². The highest BCUT2D eigenvalue weighted by atomic mass is 16.6. The molecule has 1 N–H and O–H groups in total. The molecule has 4 heteroatoms. The normalized spacial score (nSPS) is 12.4. The van der Waals surface area contributed by atoms with E-state index in [1.165, 1.54) is 122 Å². The van der Waals surface area contributed by atoms with Gasteiger partial charge in [0.25, 0.3) is 0 Å². The third-order valence-electron chi connectivity index (χ3n) is 6.84. The van der Waals surface area contributed by atoms with Crippen LogP contribution in [0.1, 0.15) is 162 Å². The summed E-state index contributed by atoms with van der Waals surface area (Å²) in [5.74, 6) is -0.210. The van der Waals surface area contributed by atoms with Crippen LogP contribution in [0, 0.1) is 0 Å². The third-order valence-corrected chi connectivity index (χ3v) is 6.84. The molecule has 4 nitrogen and oxygen atoms in total. The maximum absolute atomic E-state index is 12.1. The molecule has 0 radical (unpaired) electrons. The largest absolute Gasteiger partial charge is 0.457 e. The van der Waals surface area contributed by atoms with Crippen molar-refractivity contribution in [3.8, 4) is 0 Å². The standard InChI is InChI=1S/C32H62O4/c1-3-5-7-9-11-13-15-16-17-18-19-21-23-25-27-32(34)36-31(29-33)30-35-28-26-24-22-20-14-12-10-8-6-4-2/h15-16,31,33H,3-14,17-30H2,1-2H3/b16-15-. The van der Waals surface area contributed by atoms with Gasteiger partial charge in [-0.3, -0.25) is 4.79 Å². The van der Waals surface area contributed by atoms with Crippen molar-refractivity contribution in [3.05, 3.63) is 12.2 Å². The fourth-order valence-electron chi connectivity index (χ4n) is 4.44. The molecule has 0 aromatic rings. The molecule has 1 unspecified atom stereocenters. The first-order valence-corrected chi connectivity index (χ1v) is 15.8. The first-order valence-electron chi connectivity index (χ1n) is 15.8. The van der Waals surface area contributed by atoms with Crippen molar-refractivity contribution in [2.45, 2.75) is 168 Å². The molecule has 0 spiro atoms. The zero-order valence-corrected chi connectivity index (χ0v) is 24.3. The molecular formula is C32H62O4. The summed E-state index contributed by atoms with van der Waals surface area (Å²) in [6, 6.07) is 0. The van der Waals surface area contributed by atoms with Crippen LogP contribution >= 0.6 is 0 Å². The lowest BCUT2D eigenvalue weighted by atomic mass is 10.1. The number of aliphatic hydroxyl groups excluding tert-OH is 1. The maximum Gasteiger partial charge on any atom is 0.306 e. The average Bonchev–Trinajstić information content (AvgIpc) is 2.88. The van der Waals surface area contributed by atoms with Gasteiger partial charge >= 0.3 is 5.97 Å². The fourth-order valence-corrected chi connectivity index (χ4v) is 4.44. The topological polar surface area (TPSA) is 55.8 Å². The van der Waals surface area contributed by atoms with E-state index in [0.29, 0.717) is 19.6 Å².